The first-order valence-corrected chi connectivity index (χ1v) is 5.58. The second kappa shape index (κ2) is 5.31. The first kappa shape index (κ1) is 12.1. The van der Waals surface area contributed by atoms with Crippen molar-refractivity contribution in [2.45, 2.75) is 6.42 Å². The summed E-state index contributed by atoms with van der Waals surface area (Å²) in [6.07, 6.45) is 2.70. The van der Waals surface area contributed by atoms with Crippen LogP contribution in [0.4, 0.5) is 0 Å². The Morgan fingerprint density at radius 3 is 2.78 bits per heavy atom. The Balaban J connectivity index is 2.23. The van der Waals surface area contributed by atoms with Crippen molar-refractivity contribution < 1.29 is 9.53 Å². The number of nitrogens with zero attached hydrogens (tertiary/aromatic N) is 1. The summed E-state index contributed by atoms with van der Waals surface area (Å²) in [7, 11) is 1.34. The average molecular weight is 242 g/mol. The monoisotopic (exact) mass is 242 g/mol. The van der Waals surface area contributed by atoms with Gasteiger partial charge in [0.2, 0.25) is 0 Å². The van der Waals surface area contributed by atoms with Crippen molar-refractivity contribution in [1.82, 2.24) is 10.2 Å². The van der Waals surface area contributed by atoms with Crippen LogP contribution < -0.4 is 0 Å². The topological polar surface area (TPSA) is 55.0 Å². The molecule has 2 aromatic rings. The van der Waals surface area contributed by atoms with Crippen LogP contribution in [0, 0.1) is 0 Å². The van der Waals surface area contributed by atoms with Crippen LogP contribution in [0.25, 0.3) is 11.3 Å². The highest BCUT2D eigenvalue weighted by Gasteiger charge is 2.10. The van der Waals surface area contributed by atoms with Gasteiger partial charge >= 0.3 is 5.97 Å². The molecule has 0 atom stereocenters. The Morgan fingerprint density at radius 2 is 2.17 bits per heavy atom. The van der Waals surface area contributed by atoms with Crippen molar-refractivity contribution in [2.75, 3.05) is 7.11 Å². The number of aromatic nitrogens is 2. The molecule has 0 aliphatic heterocycles. The van der Waals surface area contributed by atoms with Crippen LogP contribution in [0.15, 0.2) is 43.0 Å². The number of carbonyl (C=O) groups excluding carboxylic acids is 1. The van der Waals surface area contributed by atoms with E-state index < -0.39 is 5.97 Å². The van der Waals surface area contributed by atoms with Gasteiger partial charge in [-0.1, -0.05) is 30.3 Å². The molecule has 0 fully saturated rings. The Hall–Kier alpha value is -2.36. The van der Waals surface area contributed by atoms with Gasteiger partial charge in [0.25, 0.3) is 0 Å². The van der Waals surface area contributed by atoms with E-state index in [2.05, 4.69) is 21.5 Å². The molecule has 2 rings (SSSR count). The Morgan fingerprint density at radius 1 is 1.44 bits per heavy atom. The molecule has 1 N–H and O–H groups in total. The Labute approximate surface area is 105 Å². The Bertz CT molecular complexity index is 555. The molecule has 92 valence electrons. The molecule has 18 heavy (non-hydrogen) atoms. The van der Waals surface area contributed by atoms with E-state index in [4.69, 9.17) is 0 Å². The van der Waals surface area contributed by atoms with Gasteiger partial charge in [0, 0.05) is 5.56 Å². The molecule has 0 amide bonds. The number of hydrogen-bond donors (Lipinski definition) is 1. The minimum absolute atomic E-state index is 0.350. The number of benzene rings is 1. The first-order valence-electron chi connectivity index (χ1n) is 5.58. The number of methoxy groups -OCH3 is 1. The predicted molar refractivity (Wildman–Crippen MR) is 69.3 cm³/mol. The molecule has 1 aromatic heterocycles. The van der Waals surface area contributed by atoms with Crippen molar-refractivity contribution >= 4 is 5.97 Å². The fourth-order valence-electron chi connectivity index (χ4n) is 1.66. The minimum atomic E-state index is -0.419. The fourth-order valence-corrected chi connectivity index (χ4v) is 1.66. The molecule has 0 aliphatic rings. The van der Waals surface area contributed by atoms with Gasteiger partial charge in [-0.3, -0.25) is 5.10 Å². The summed E-state index contributed by atoms with van der Waals surface area (Å²) in [5.41, 5.74) is 3.22. The fraction of sp³-hybridized carbons (Fsp3) is 0.143. The first-order chi connectivity index (χ1) is 8.74. The van der Waals surface area contributed by atoms with E-state index in [0.29, 0.717) is 5.69 Å². The molecule has 0 bridgehead atoms. The van der Waals surface area contributed by atoms with E-state index in [1.165, 1.54) is 12.7 Å². The lowest BCUT2D eigenvalue weighted by atomic mass is 10.1. The molecule has 0 saturated carbocycles. The molecule has 4 heteroatoms. The SMILES string of the molecule is C=CCc1ccc(-c2cc(C(=O)OC)[nH]n2)cc1. The minimum Gasteiger partial charge on any atom is -0.464 e. The highest BCUT2D eigenvalue weighted by atomic mass is 16.5. The third-order valence-electron chi connectivity index (χ3n) is 2.61. The Kier molecular flexibility index (Phi) is 3.57. The summed E-state index contributed by atoms with van der Waals surface area (Å²) in [4.78, 5) is 11.3. The number of H-pyrrole nitrogens is 1. The van der Waals surface area contributed by atoms with Gasteiger partial charge in [0.15, 0.2) is 0 Å². The molecular formula is C14H14N2O2. The number of allylic oxidation sites excluding steroid dienone is 1. The summed E-state index contributed by atoms with van der Waals surface area (Å²) in [6.45, 7) is 3.70. The van der Waals surface area contributed by atoms with Crippen LogP contribution in [-0.4, -0.2) is 23.3 Å². The zero-order chi connectivity index (χ0) is 13.0. The average Bonchev–Trinajstić information content (AvgIpc) is 2.89. The third kappa shape index (κ3) is 2.48. The number of hydrogen-bond acceptors (Lipinski definition) is 3. The molecule has 4 nitrogen and oxygen atoms in total. The van der Waals surface area contributed by atoms with E-state index in [1.54, 1.807) is 6.07 Å². The van der Waals surface area contributed by atoms with Gasteiger partial charge in [-0.05, 0) is 18.1 Å². The van der Waals surface area contributed by atoms with Crippen LogP contribution >= 0.6 is 0 Å². The van der Waals surface area contributed by atoms with Gasteiger partial charge in [0.05, 0.1) is 12.8 Å². The molecule has 0 unspecified atom stereocenters. The molecule has 1 heterocycles. The van der Waals surface area contributed by atoms with Gasteiger partial charge in [-0.25, -0.2) is 4.79 Å². The zero-order valence-corrected chi connectivity index (χ0v) is 10.1. The van der Waals surface area contributed by atoms with Crippen molar-refractivity contribution in [2.24, 2.45) is 0 Å². The van der Waals surface area contributed by atoms with E-state index >= 15 is 0 Å². The molecule has 0 spiro atoms. The van der Waals surface area contributed by atoms with Crippen LogP contribution in [-0.2, 0) is 11.2 Å². The standard InChI is InChI=1S/C14H14N2O2/c1-3-4-10-5-7-11(8-6-10)12-9-13(16-15-12)14(17)18-2/h3,5-9H,1,4H2,2H3,(H,15,16). The van der Waals surface area contributed by atoms with Crippen LogP contribution in [0.5, 0.6) is 0 Å². The summed E-state index contributed by atoms with van der Waals surface area (Å²) in [5.74, 6) is -0.419. The highest BCUT2D eigenvalue weighted by molar-refractivity contribution is 5.88. The molecule has 1 aromatic carbocycles. The van der Waals surface area contributed by atoms with Crippen LogP contribution in [0.2, 0.25) is 0 Å². The summed E-state index contributed by atoms with van der Waals surface area (Å²) < 4.78 is 4.62. The second-order valence-corrected chi connectivity index (χ2v) is 3.85. The lowest BCUT2D eigenvalue weighted by Gasteiger charge is -1.99. The van der Waals surface area contributed by atoms with E-state index in [-0.39, 0.29) is 0 Å². The maximum absolute atomic E-state index is 11.3. The summed E-state index contributed by atoms with van der Waals surface area (Å²) in [5, 5.41) is 6.74. The van der Waals surface area contributed by atoms with E-state index in [1.807, 2.05) is 30.3 Å². The summed E-state index contributed by atoms with van der Waals surface area (Å²) >= 11 is 0. The second-order valence-electron chi connectivity index (χ2n) is 3.85. The van der Waals surface area contributed by atoms with Crippen molar-refractivity contribution in [3.05, 3.63) is 54.2 Å². The number of esters is 1. The normalized spacial score (nSPS) is 10.1. The zero-order valence-electron chi connectivity index (χ0n) is 10.1. The van der Waals surface area contributed by atoms with Crippen molar-refractivity contribution in [3.63, 3.8) is 0 Å². The number of aromatic amines is 1. The summed E-state index contributed by atoms with van der Waals surface area (Å²) in [6, 6.07) is 9.65. The molecule has 0 aliphatic carbocycles. The number of rotatable bonds is 4. The van der Waals surface area contributed by atoms with E-state index in [0.717, 1.165) is 17.7 Å². The lowest BCUT2D eigenvalue weighted by molar-refractivity contribution is 0.0594. The van der Waals surface area contributed by atoms with Crippen molar-refractivity contribution in [3.8, 4) is 11.3 Å². The quantitative estimate of drug-likeness (QED) is 0.662. The van der Waals surface area contributed by atoms with Gasteiger partial charge in [0.1, 0.15) is 5.69 Å². The number of nitrogens with one attached hydrogen (secondary N) is 1. The van der Waals surface area contributed by atoms with Crippen molar-refractivity contribution in [1.29, 1.82) is 0 Å². The van der Waals surface area contributed by atoms with Crippen LogP contribution in [0.1, 0.15) is 16.1 Å². The highest BCUT2D eigenvalue weighted by Crippen LogP contribution is 2.18. The van der Waals surface area contributed by atoms with Gasteiger partial charge in [-0.2, -0.15) is 5.10 Å². The third-order valence-corrected chi connectivity index (χ3v) is 2.61. The smallest absolute Gasteiger partial charge is 0.356 e. The lowest BCUT2D eigenvalue weighted by Crippen LogP contribution is -2.00. The van der Waals surface area contributed by atoms with Gasteiger partial charge < -0.3 is 4.74 Å². The maximum atomic E-state index is 11.3. The molecule has 0 saturated heterocycles. The number of carbonyl (C=O) groups is 1. The maximum Gasteiger partial charge on any atom is 0.356 e. The van der Waals surface area contributed by atoms with E-state index in [9.17, 15) is 4.79 Å². The van der Waals surface area contributed by atoms with Gasteiger partial charge in [-0.15, -0.1) is 6.58 Å². The molecular weight excluding hydrogens is 228 g/mol. The number of ether oxygens (including phenoxy) is 1. The largest absolute Gasteiger partial charge is 0.464 e. The molecule has 0 radical (unpaired) electrons. The van der Waals surface area contributed by atoms with Crippen LogP contribution in [0.3, 0.4) is 0 Å². The predicted octanol–water partition coefficient (Wildman–Crippen LogP) is 2.59.